The Labute approximate surface area is 193 Å². The summed E-state index contributed by atoms with van der Waals surface area (Å²) >= 11 is 0. The Balaban J connectivity index is 1.60. The summed E-state index contributed by atoms with van der Waals surface area (Å²) < 4.78 is 1.87. The number of fused-ring (bicyclic) bond motifs is 1. The number of aromatic nitrogens is 2. The third-order valence-corrected chi connectivity index (χ3v) is 5.90. The van der Waals surface area contributed by atoms with Crippen LogP contribution in [0.3, 0.4) is 0 Å². The Morgan fingerprint density at radius 3 is 2.39 bits per heavy atom. The molecule has 1 aromatic heterocycles. The first-order valence-electron chi connectivity index (χ1n) is 11.0. The number of carbonyl (C=O) groups is 2. The number of amides is 2. The topological polar surface area (TPSA) is 76.0 Å². The molecule has 0 aliphatic heterocycles. The van der Waals surface area contributed by atoms with Crippen LogP contribution in [0.2, 0.25) is 0 Å². The van der Waals surface area contributed by atoms with Gasteiger partial charge < -0.3 is 15.2 Å². The van der Waals surface area contributed by atoms with Gasteiger partial charge in [0.25, 0.3) is 5.91 Å². The number of benzene rings is 3. The third kappa shape index (κ3) is 4.80. The summed E-state index contributed by atoms with van der Waals surface area (Å²) in [6.45, 7) is 7.94. The maximum atomic E-state index is 12.9. The van der Waals surface area contributed by atoms with Gasteiger partial charge in [0.1, 0.15) is 12.4 Å². The Bertz CT molecular complexity index is 1340. The molecule has 0 aliphatic carbocycles. The van der Waals surface area contributed by atoms with Gasteiger partial charge in [-0.2, -0.15) is 0 Å². The molecule has 2 N–H and O–H groups in total. The number of hydrogen-bond donors (Lipinski definition) is 2. The van der Waals surface area contributed by atoms with E-state index < -0.39 is 0 Å². The van der Waals surface area contributed by atoms with Crippen molar-refractivity contribution in [1.29, 1.82) is 0 Å². The SMILES string of the molecule is Cc1ccc(NC(=O)Cn2c(C(C)NC(=O)c3ccccc3C)nc3ccccc32)cc1C. The van der Waals surface area contributed by atoms with E-state index in [-0.39, 0.29) is 24.4 Å². The fourth-order valence-electron chi connectivity index (χ4n) is 3.92. The van der Waals surface area contributed by atoms with Gasteiger partial charge in [-0.15, -0.1) is 0 Å². The van der Waals surface area contributed by atoms with Crippen LogP contribution in [-0.4, -0.2) is 21.4 Å². The van der Waals surface area contributed by atoms with Crippen LogP contribution in [0.15, 0.2) is 66.7 Å². The molecule has 4 rings (SSSR count). The highest BCUT2D eigenvalue weighted by atomic mass is 16.2. The molecule has 0 radical (unpaired) electrons. The number of para-hydroxylation sites is 2. The predicted octanol–water partition coefficient (Wildman–Crippen LogP) is 5.09. The molecule has 1 heterocycles. The summed E-state index contributed by atoms with van der Waals surface area (Å²) in [4.78, 5) is 30.5. The zero-order valence-corrected chi connectivity index (χ0v) is 19.3. The Morgan fingerprint density at radius 2 is 1.64 bits per heavy atom. The first kappa shape index (κ1) is 22.3. The highest BCUT2D eigenvalue weighted by Crippen LogP contribution is 2.22. The van der Waals surface area contributed by atoms with Gasteiger partial charge in [-0.25, -0.2) is 4.98 Å². The lowest BCUT2D eigenvalue weighted by Crippen LogP contribution is -2.30. The first-order chi connectivity index (χ1) is 15.8. The number of anilines is 1. The second kappa shape index (κ2) is 9.28. The molecule has 6 nitrogen and oxygen atoms in total. The molecule has 168 valence electrons. The van der Waals surface area contributed by atoms with Gasteiger partial charge in [-0.05, 0) is 74.7 Å². The summed E-state index contributed by atoms with van der Waals surface area (Å²) in [5.74, 6) is 0.312. The van der Waals surface area contributed by atoms with E-state index in [1.165, 1.54) is 5.56 Å². The third-order valence-electron chi connectivity index (χ3n) is 5.90. The number of carbonyl (C=O) groups excluding carboxylic acids is 2. The molecule has 33 heavy (non-hydrogen) atoms. The lowest BCUT2D eigenvalue weighted by Gasteiger charge is -2.17. The second-order valence-corrected chi connectivity index (χ2v) is 8.40. The fraction of sp³-hybridized carbons (Fsp3) is 0.222. The van der Waals surface area contributed by atoms with Crippen molar-refractivity contribution >= 4 is 28.5 Å². The number of rotatable bonds is 6. The largest absolute Gasteiger partial charge is 0.342 e. The van der Waals surface area contributed by atoms with Gasteiger partial charge >= 0.3 is 0 Å². The van der Waals surface area contributed by atoms with Crippen molar-refractivity contribution in [2.45, 2.75) is 40.3 Å². The van der Waals surface area contributed by atoms with Gasteiger partial charge in [0, 0.05) is 11.3 Å². The highest BCUT2D eigenvalue weighted by Gasteiger charge is 2.21. The lowest BCUT2D eigenvalue weighted by atomic mass is 10.1. The molecular formula is C27H28N4O2. The average molecular weight is 441 g/mol. The van der Waals surface area contributed by atoms with Crippen LogP contribution in [0.5, 0.6) is 0 Å². The molecule has 0 spiro atoms. The number of nitrogens with zero attached hydrogens (tertiary/aromatic N) is 2. The van der Waals surface area contributed by atoms with Crippen molar-refractivity contribution in [3.05, 3.63) is 94.8 Å². The number of imidazole rings is 1. The summed E-state index contributed by atoms with van der Waals surface area (Å²) in [6.07, 6.45) is 0. The lowest BCUT2D eigenvalue weighted by molar-refractivity contribution is -0.116. The van der Waals surface area contributed by atoms with Crippen molar-refractivity contribution in [3.63, 3.8) is 0 Å². The Morgan fingerprint density at radius 1 is 0.909 bits per heavy atom. The monoisotopic (exact) mass is 440 g/mol. The maximum Gasteiger partial charge on any atom is 0.252 e. The number of aryl methyl sites for hydroxylation is 3. The van der Waals surface area contributed by atoms with Gasteiger partial charge in [0.05, 0.1) is 17.1 Å². The summed E-state index contributed by atoms with van der Waals surface area (Å²) in [7, 11) is 0. The molecule has 0 saturated carbocycles. The molecule has 0 saturated heterocycles. The molecular weight excluding hydrogens is 412 g/mol. The molecule has 0 fully saturated rings. The van der Waals surface area contributed by atoms with E-state index in [4.69, 9.17) is 4.98 Å². The molecule has 3 aromatic carbocycles. The van der Waals surface area contributed by atoms with E-state index in [0.717, 1.165) is 27.8 Å². The fourth-order valence-corrected chi connectivity index (χ4v) is 3.92. The molecule has 0 aliphatic rings. The summed E-state index contributed by atoms with van der Waals surface area (Å²) in [6, 6.07) is 20.6. The Kier molecular flexibility index (Phi) is 6.27. The number of hydrogen-bond acceptors (Lipinski definition) is 3. The van der Waals surface area contributed by atoms with Crippen LogP contribution in [0.1, 0.15) is 45.8 Å². The van der Waals surface area contributed by atoms with Crippen molar-refractivity contribution in [2.24, 2.45) is 0 Å². The molecule has 2 amide bonds. The van der Waals surface area contributed by atoms with E-state index in [1.54, 1.807) is 6.07 Å². The van der Waals surface area contributed by atoms with E-state index >= 15 is 0 Å². The van der Waals surface area contributed by atoms with Crippen molar-refractivity contribution < 1.29 is 9.59 Å². The zero-order valence-electron chi connectivity index (χ0n) is 19.3. The van der Waals surface area contributed by atoms with E-state index in [2.05, 4.69) is 10.6 Å². The standard InChI is InChI=1S/C27H28N4O2/c1-17-13-14-21(15-19(17)3)29-25(32)16-31-24-12-8-7-11-23(24)30-26(31)20(4)28-27(33)22-10-6-5-9-18(22)2/h5-15,20H,16H2,1-4H3,(H,28,33)(H,29,32). The van der Waals surface area contributed by atoms with Crippen LogP contribution in [0.25, 0.3) is 11.0 Å². The van der Waals surface area contributed by atoms with E-state index in [0.29, 0.717) is 11.4 Å². The van der Waals surface area contributed by atoms with Crippen LogP contribution in [0, 0.1) is 20.8 Å². The van der Waals surface area contributed by atoms with Crippen molar-refractivity contribution in [2.75, 3.05) is 5.32 Å². The van der Waals surface area contributed by atoms with Gasteiger partial charge in [-0.1, -0.05) is 36.4 Å². The minimum absolute atomic E-state index is 0.0906. The zero-order chi connectivity index (χ0) is 23.5. The quantitative estimate of drug-likeness (QED) is 0.438. The highest BCUT2D eigenvalue weighted by molar-refractivity contribution is 5.96. The maximum absolute atomic E-state index is 12.9. The van der Waals surface area contributed by atoms with Crippen LogP contribution < -0.4 is 10.6 Å². The van der Waals surface area contributed by atoms with Gasteiger partial charge in [0.15, 0.2) is 0 Å². The molecule has 6 heteroatoms. The minimum Gasteiger partial charge on any atom is -0.342 e. The number of nitrogens with one attached hydrogen (secondary N) is 2. The van der Waals surface area contributed by atoms with Gasteiger partial charge in [0.2, 0.25) is 5.91 Å². The van der Waals surface area contributed by atoms with Gasteiger partial charge in [-0.3, -0.25) is 9.59 Å². The summed E-state index contributed by atoms with van der Waals surface area (Å²) in [5.41, 5.74) is 6.21. The van der Waals surface area contributed by atoms with E-state index in [9.17, 15) is 9.59 Å². The summed E-state index contributed by atoms with van der Waals surface area (Å²) in [5, 5.41) is 6.02. The molecule has 0 bridgehead atoms. The van der Waals surface area contributed by atoms with Crippen LogP contribution in [-0.2, 0) is 11.3 Å². The average Bonchev–Trinajstić information content (AvgIpc) is 3.15. The van der Waals surface area contributed by atoms with Crippen LogP contribution >= 0.6 is 0 Å². The molecule has 1 atom stereocenters. The second-order valence-electron chi connectivity index (χ2n) is 8.40. The smallest absolute Gasteiger partial charge is 0.252 e. The van der Waals surface area contributed by atoms with Crippen LogP contribution in [0.4, 0.5) is 5.69 Å². The van der Waals surface area contributed by atoms with Crippen molar-refractivity contribution in [1.82, 2.24) is 14.9 Å². The van der Waals surface area contributed by atoms with E-state index in [1.807, 2.05) is 92.9 Å². The normalized spacial score (nSPS) is 11.9. The minimum atomic E-state index is -0.390. The van der Waals surface area contributed by atoms with Crippen molar-refractivity contribution in [3.8, 4) is 0 Å². The molecule has 1 unspecified atom stereocenters. The first-order valence-corrected chi connectivity index (χ1v) is 11.0. The predicted molar refractivity (Wildman–Crippen MR) is 131 cm³/mol. The molecule has 4 aromatic rings. The Hall–Kier alpha value is -3.93.